The number of carbonyl (C=O) groups is 3. The van der Waals surface area contributed by atoms with Crippen LogP contribution in [0.25, 0.3) is 11.1 Å². The number of anilines is 3. The molecule has 0 atom stereocenters. The molecule has 8 nitrogen and oxygen atoms in total. The molecule has 0 saturated carbocycles. The molecule has 1 heterocycles. The van der Waals surface area contributed by atoms with Crippen LogP contribution in [0, 0.1) is 3.57 Å². The van der Waals surface area contributed by atoms with Crippen LogP contribution in [-0.2, 0) is 11.0 Å². The number of primary amides is 1. The van der Waals surface area contributed by atoms with Crippen LogP contribution in [0.1, 0.15) is 22.8 Å². The van der Waals surface area contributed by atoms with Crippen LogP contribution in [0.15, 0.2) is 48.7 Å². The first-order valence-corrected chi connectivity index (χ1v) is 10.4. The first kappa shape index (κ1) is 24.1. The quantitative estimate of drug-likeness (QED) is 0.276. The number of aromatic nitrogens is 1. The van der Waals surface area contributed by atoms with Gasteiger partial charge in [0.1, 0.15) is 5.82 Å². The lowest BCUT2D eigenvalue weighted by atomic mass is 10.0. The Kier molecular flexibility index (Phi) is 6.95. The highest BCUT2D eigenvalue weighted by Crippen LogP contribution is 2.33. The minimum absolute atomic E-state index is 0.0171. The Morgan fingerprint density at radius 1 is 1.00 bits per heavy atom. The Bertz CT molecular complexity index is 1220. The zero-order valence-electron chi connectivity index (χ0n) is 16.9. The van der Waals surface area contributed by atoms with Gasteiger partial charge in [-0.2, -0.15) is 13.2 Å². The predicted molar refractivity (Wildman–Crippen MR) is 126 cm³/mol. The van der Waals surface area contributed by atoms with E-state index in [1.54, 1.807) is 24.3 Å². The molecule has 12 heteroatoms. The fourth-order valence-electron chi connectivity index (χ4n) is 3.00. The summed E-state index contributed by atoms with van der Waals surface area (Å²) in [5.74, 6) is -0.957. The maximum atomic E-state index is 12.9. The second-order valence-corrected chi connectivity index (χ2v) is 8.01. The van der Waals surface area contributed by atoms with E-state index >= 15 is 0 Å². The summed E-state index contributed by atoms with van der Waals surface area (Å²) in [5.41, 5.74) is 6.07. The molecule has 33 heavy (non-hydrogen) atoms. The molecule has 0 aliphatic heterocycles. The SMILES string of the molecule is CC(=O)Nc1[nH]cc(-c2ccc(NC(=O)Nc3cc(C(F)(F)F)ccc3I)cc2)c1C(N)=O. The summed E-state index contributed by atoms with van der Waals surface area (Å²) in [6.07, 6.45) is -3.02. The van der Waals surface area contributed by atoms with Gasteiger partial charge in [0.05, 0.1) is 16.8 Å². The van der Waals surface area contributed by atoms with Crippen molar-refractivity contribution in [2.45, 2.75) is 13.1 Å². The van der Waals surface area contributed by atoms with Gasteiger partial charge < -0.3 is 26.7 Å². The first-order chi connectivity index (χ1) is 15.5. The minimum atomic E-state index is -4.53. The Hall–Kier alpha value is -3.55. The Labute approximate surface area is 199 Å². The number of hydrogen-bond donors (Lipinski definition) is 5. The standard InChI is InChI=1S/C21H17F3IN5O3/c1-10(31)28-19-17(18(26)32)14(9-27-19)11-2-5-13(6-3-11)29-20(33)30-16-8-12(21(22,23)24)4-7-15(16)25/h2-9,27H,1H3,(H2,26,32)(H,28,31)(H2,29,30,33). The van der Waals surface area contributed by atoms with Gasteiger partial charge >= 0.3 is 12.2 Å². The molecule has 0 spiro atoms. The second kappa shape index (κ2) is 9.52. The number of carbonyl (C=O) groups excluding carboxylic acids is 3. The number of alkyl halides is 3. The number of nitrogens with two attached hydrogens (primary N) is 1. The molecule has 0 aliphatic rings. The number of H-pyrrole nitrogens is 1. The number of urea groups is 1. The maximum absolute atomic E-state index is 12.9. The molecule has 0 saturated heterocycles. The van der Waals surface area contributed by atoms with Gasteiger partial charge in [0, 0.05) is 27.9 Å². The van der Waals surface area contributed by atoms with Crippen molar-refractivity contribution in [3.8, 4) is 11.1 Å². The Balaban J connectivity index is 1.76. The monoisotopic (exact) mass is 571 g/mol. The molecule has 0 aliphatic carbocycles. The maximum Gasteiger partial charge on any atom is 0.416 e. The van der Waals surface area contributed by atoms with Gasteiger partial charge in [0.2, 0.25) is 5.91 Å². The summed E-state index contributed by atoms with van der Waals surface area (Å²) < 4.78 is 39.2. The number of halogens is 4. The fourth-order valence-corrected chi connectivity index (χ4v) is 3.47. The van der Waals surface area contributed by atoms with Crippen molar-refractivity contribution in [3.63, 3.8) is 0 Å². The summed E-state index contributed by atoms with van der Waals surface area (Å²) in [6.45, 7) is 1.29. The summed E-state index contributed by atoms with van der Waals surface area (Å²) in [7, 11) is 0. The van der Waals surface area contributed by atoms with E-state index in [4.69, 9.17) is 5.73 Å². The number of amides is 4. The van der Waals surface area contributed by atoms with Crippen molar-refractivity contribution in [1.82, 2.24) is 4.98 Å². The highest BCUT2D eigenvalue weighted by molar-refractivity contribution is 14.1. The predicted octanol–water partition coefficient (Wildman–Crippen LogP) is 5.01. The topological polar surface area (TPSA) is 129 Å². The summed E-state index contributed by atoms with van der Waals surface area (Å²) in [6, 6.07) is 8.62. The molecule has 1 aromatic heterocycles. The first-order valence-electron chi connectivity index (χ1n) is 9.29. The largest absolute Gasteiger partial charge is 0.416 e. The van der Waals surface area contributed by atoms with Gasteiger partial charge in [-0.05, 0) is 58.5 Å². The van der Waals surface area contributed by atoms with Gasteiger partial charge in [-0.15, -0.1) is 0 Å². The molecule has 3 aromatic rings. The van der Waals surface area contributed by atoms with E-state index in [1.807, 2.05) is 22.6 Å². The number of nitrogens with one attached hydrogen (secondary N) is 4. The van der Waals surface area contributed by atoms with E-state index in [1.165, 1.54) is 19.2 Å². The molecule has 2 aromatic carbocycles. The minimum Gasteiger partial charge on any atom is -0.365 e. The van der Waals surface area contributed by atoms with E-state index in [9.17, 15) is 27.6 Å². The number of hydrogen-bond acceptors (Lipinski definition) is 3. The number of rotatable bonds is 5. The number of benzene rings is 2. The van der Waals surface area contributed by atoms with Gasteiger partial charge in [-0.25, -0.2) is 4.79 Å². The third-order valence-corrected chi connectivity index (χ3v) is 5.36. The van der Waals surface area contributed by atoms with Crippen LogP contribution in [0.3, 0.4) is 0 Å². The van der Waals surface area contributed by atoms with Crippen LogP contribution in [0.5, 0.6) is 0 Å². The average molecular weight is 571 g/mol. The summed E-state index contributed by atoms with van der Waals surface area (Å²) >= 11 is 1.82. The van der Waals surface area contributed by atoms with Gasteiger partial charge in [-0.1, -0.05) is 12.1 Å². The lowest BCUT2D eigenvalue weighted by molar-refractivity contribution is -0.137. The lowest BCUT2D eigenvalue weighted by Crippen LogP contribution is -2.20. The van der Waals surface area contributed by atoms with E-state index in [-0.39, 0.29) is 23.0 Å². The van der Waals surface area contributed by atoms with Crippen molar-refractivity contribution < 1.29 is 27.6 Å². The fraction of sp³-hybridized carbons (Fsp3) is 0.0952. The van der Waals surface area contributed by atoms with Crippen molar-refractivity contribution in [2.75, 3.05) is 16.0 Å². The van der Waals surface area contributed by atoms with Crippen molar-refractivity contribution in [1.29, 1.82) is 0 Å². The van der Waals surface area contributed by atoms with E-state index in [0.717, 1.165) is 12.1 Å². The lowest BCUT2D eigenvalue weighted by Gasteiger charge is -2.13. The zero-order valence-corrected chi connectivity index (χ0v) is 19.1. The molecular formula is C21H17F3IN5O3. The van der Waals surface area contributed by atoms with Crippen LogP contribution in [-0.4, -0.2) is 22.8 Å². The average Bonchev–Trinajstić information content (AvgIpc) is 3.12. The third kappa shape index (κ3) is 5.83. The number of aromatic amines is 1. The molecule has 172 valence electrons. The molecular weight excluding hydrogens is 554 g/mol. The molecule has 0 unspecified atom stereocenters. The summed E-state index contributed by atoms with van der Waals surface area (Å²) in [4.78, 5) is 38.3. The molecule has 0 fully saturated rings. The Morgan fingerprint density at radius 3 is 2.24 bits per heavy atom. The molecule has 4 amide bonds. The Morgan fingerprint density at radius 2 is 1.67 bits per heavy atom. The molecule has 6 N–H and O–H groups in total. The highest BCUT2D eigenvalue weighted by atomic mass is 127. The third-order valence-electron chi connectivity index (χ3n) is 4.42. The van der Waals surface area contributed by atoms with Gasteiger partial charge in [0.25, 0.3) is 5.91 Å². The second-order valence-electron chi connectivity index (χ2n) is 6.85. The molecule has 3 rings (SSSR count). The van der Waals surface area contributed by atoms with Gasteiger partial charge in [0.15, 0.2) is 0 Å². The molecule has 0 bridgehead atoms. The van der Waals surface area contributed by atoms with E-state index < -0.39 is 23.7 Å². The smallest absolute Gasteiger partial charge is 0.365 e. The highest BCUT2D eigenvalue weighted by Gasteiger charge is 2.31. The van der Waals surface area contributed by atoms with Crippen LogP contribution >= 0.6 is 22.6 Å². The van der Waals surface area contributed by atoms with Crippen molar-refractivity contribution >= 4 is 57.6 Å². The van der Waals surface area contributed by atoms with Gasteiger partial charge in [-0.3, -0.25) is 9.59 Å². The van der Waals surface area contributed by atoms with Crippen LogP contribution < -0.4 is 21.7 Å². The van der Waals surface area contributed by atoms with E-state index in [2.05, 4.69) is 20.9 Å². The van der Waals surface area contributed by atoms with Crippen molar-refractivity contribution in [3.05, 3.63) is 63.4 Å². The van der Waals surface area contributed by atoms with Crippen molar-refractivity contribution in [2.24, 2.45) is 5.73 Å². The van der Waals surface area contributed by atoms with Crippen LogP contribution in [0.2, 0.25) is 0 Å². The normalized spacial score (nSPS) is 11.1. The van der Waals surface area contributed by atoms with E-state index in [0.29, 0.717) is 20.4 Å². The zero-order chi connectivity index (χ0) is 24.3. The van der Waals surface area contributed by atoms with Crippen LogP contribution in [0.4, 0.5) is 35.2 Å². The summed E-state index contributed by atoms with van der Waals surface area (Å²) in [5, 5.41) is 7.42. The molecule has 0 radical (unpaired) electrons.